The molecule has 0 aliphatic carbocycles. The summed E-state index contributed by atoms with van der Waals surface area (Å²) in [7, 11) is 0. The zero-order valence-electron chi connectivity index (χ0n) is 10.3. The molecule has 0 bridgehead atoms. The molecule has 19 heavy (non-hydrogen) atoms. The highest BCUT2D eigenvalue weighted by molar-refractivity contribution is 9.09. The number of allylic oxidation sites excluding steroid dienone is 1. The van der Waals surface area contributed by atoms with Crippen molar-refractivity contribution in [3.8, 4) is 11.5 Å². The molecule has 0 N–H and O–H groups in total. The Morgan fingerprint density at radius 2 is 1.42 bits per heavy atom. The van der Waals surface area contributed by atoms with Crippen LogP contribution >= 0.6 is 15.9 Å². The number of alkyl halides is 1. The number of benzene rings is 2. The van der Waals surface area contributed by atoms with Crippen molar-refractivity contribution in [2.45, 2.75) is 0 Å². The Labute approximate surface area is 120 Å². The van der Waals surface area contributed by atoms with Crippen LogP contribution in [0.5, 0.6) is 11.5 Å². The SMILES string of the molecule is BrCC=C1c2ccccc2OCOc2ccccc21. The van der Waals surface area contributed by atoms with Crippen LogP contribution in [0.3, 0.4) is 0 Å². The van der Waals surface area contributed by atoms with Crippen molar-refractivity contribution in [1.29, 1.82) is 0 Å². The third-order valence-corrected chi connectivity index (χ3v) is 3.39. The van der Waals surface area contributed by atoms with E-state index in [1.54, 1.807) is 0 Å². The molecule has 0 atom stereocenters. The number of rotatable bonds is 1. The second-order valence-corrected chi connectivity index (χ2v) is 4.82. The van der Waals surface area contributed by atoms with E-state index < -0.39 is 0 Å². The highest BCUT2D eigenvalue weighted by Crippen LogP contribution is 2.37. The summed E-state index contributed by atoms with van der Waals surface area (Å²) >= 11 is 3.48. The van der Waals surface area contributed by atoms with Gasteiger partial charge in [-0.25, -0.2) is 0 Å². The highest BCUT2D eigenvalue weighted by Gasteiger charge is 2.17. The maximum atomic E-state index is 5.68. The summed E-state index contributed by atoms with van der Waals surface area (Å²) in [5, 5.41) is 0.783. The first-order valence-electron chi connectivity index (χ1n) is 6.10. The Kier molecular flexibility index (Phi) is 3.56. The van der Waals surface area contributed by atoms with Crippen LogP contribution in [0, 0.1) is 0 Å². The van der Waals surface area contributed by atoms with Crippen molar-refractivity contribution in [1.82, 2.24) is 0 Å². The van der Waals surface area contributed by atoms with Gasteiger partial charge in [-0.3, -0.25) is 0 Å². The van der Waals surface area contributed by atoms with Gasteiger partial charge in [0, 0.05) is 16.5 Å². The van der Waals surface area contributed by atoms with E-state index in [0.29, 0.717) is 0 Å². The number of hydrogen-bond donors (Lipinski definition) is 0. The minimum atomic E-state index is 0.232. The van der Waals surface area contributed by atoms with Crippen molar-refractivity contribution in [3.05, 3.63) is 65.7 Å². The van der Waals surface area contributed by atoms with E-state index in [9.17, 15) is 0 Å². The zero-order chi connectivity index (χ0) is 13.1. The Morgan fingerprint density at radius 1 is 0.895 bits per heavy atom. The summed E-state index contributed by atoms with van der Waals surface area (Å²) in [5.74, 6) is 1.70. The third-order valence-electron chi connectivity index (χ3n) is 3.06. The molecule has 0 fully saturated rings. The normalized spacial score (nSPS) is 13.2. The molecular formula is C16H13BrO2. The van der Waals surface area contributed by atoms with E-state index >= 15 is 0 Å². The molecule has 1 heterocycles. The predicted octanol–water partition coefficient (Wildman–Crippen LogP) is 4.24. The van der Waals surface area contributed by atoms with Crippen LogP contribution < -0.4 is 9.47 Å². The molecule has 3 heteroatoms. The highest BCUT2D eigenvalue weighted by atomic mass is 79.9. The van der Waals surface area contributed by atoms with Gasteiger partial charge in [-0.15, -0.1) is 0 Å². The summed E-state index contributed by atoms with van der Waals surface area (Å²) in [6.45, 7) is 0.232. The van der Waals surface area contributed by atoms with Gasteiger partial charge >= 0.3 is 0 Å². The van der Waals surface area contributed by atoms with Crippen molar-refractivity contribution < 1.29 is 9.47 Å². The fraction of sp³-hybridized carbons (Fsp3) is 0.125. The Bertz CT molecular complexity index is 570. The number of halogens is 1. The van der Waals surface area contributed by atoms with Gasteiger partial charge in [0.2, 0.25) is 6.79 Å². The lowest BCUT2D eigenvalue weighted by molar-refractivity contribution is 0.118. The van der Waals surface area contributed by atoms with Crippen molar-refractivity contribution in [2.75, 3.05) is 12.1 Å². The van der Waals surface area contributed by atoms with Crippen LogP contribution in [0.25, 0.3) is 5.57 Å². The summed E-state index contributed by atoms with van der Waals surface area (Å²) in [6, 6.07) is 16.1. The Morgan fingerprint density at radius 3 is 1.95 bits per heavy atom. The smallest absolute Gasteiger partial charge is 0.230 e. The molecule has 0 aromatic heterocycles. The molecule has 0 amide bonds. The second kappa shape index (κ2) is 5.49. The first-order valence-corrected chi connectivity index (χ1v) is 7.23. The lowest BCUT2D eigenvalue weighted by atomic mass is 9.96. The Hall–Kier alpha value is -1.74. The molecule has 1 aliphatic rings. The molecular weight excluding hydrogens is 304 g/mol. The van der Waals surface area contributed by atoms with E-state index in [4.69, 9.17) is 9.47 Å². The summed E-state index contributed by atoms with van der Waals surface area (Å²) in [4.78, 5) is 0. The monoisotopic (exact) mass is 316 g/mol. The van der Waals surface area contributed by atoms with Crippen molar-refractivity contribution >= 4 is 21.5 Å². The molecule has 2 aromatic rings. The van der Waals surface area contributed by atoms with E-state index in [-0.39, 0.29) is 6.79 Å². The molecule has 1 aliphatic heterocycles. The zero-order valence-corrected chi connectivity index (χ0v) is 11.9. The van der Waals surface area contributed by atoms with Gasteiger partial charge in [-0.2, -0.15) is 0 Å². The molecule has 0 saturated heterocycles. The van der Waals surface area contributed by atoms with Crippen molar-refractivity contribution in [3.63, 3.8) is 0 Å². The molecule has 0 unspecified atom stereocenters. The van der Waals surface area contributed by atoms with Crippen LogP contribution in [0.2, 0.25) is 0 Å². The van der Waals surface area contributed by atoms with Gasteiger partial charge < -0.3 is 9.47 Å². The maximum Gasteiger partial charge on any atom is 0.230 e. The first-order chi connectivity index (χ1) is 9.40. The van der Waals surface area contributed by atoms with Gasteiger partial charge in [-0.05, 0) is 17.7 Å². The average Bonchev–Trinajstić information content (AvgIpc) is 2.44. The van der Waals surface area contributed by atoms with Crippen LogP contribution in [0.4, 0.5) is 0 Å². The van der Waals surface area contributed by atoms with E-state index in [2.05, 4.69) is 34.1 Å². The molecule has 3 rings (SSSR count). The summed E-state index contributed by atoms with van der Waals surface area (Å²) in [5.41, 5.74) is 3.32. The molecule has 0 spiro atoms. The quantitative estimate of drug-likeness (QED) is 0.732. The third kappa shape index (κ3) is 2.38. The van der Waals surface area contributed by atoms with Gasteiger partial charge in [0.05, 0.1) is 0 Å². The minimum Gasteiger partial charge on any atom is -0.457 e. The van der Waals surface area contributed by atoms with Crippen LogP contribution in [0.1, 0.15) is 11.1 Å². The lowest BCUT2D eigenvalue weighted by Gasteiger charge is -2.21. The number of para-hydroxylation sites is 2. The number of hydrogen-bond acceptors (Lipinski definition) is 2. The standard InChI is InChI=1S/C16H13BrO2/c17-10-9-12-13-5-1-3-7-15(13)18-11-19-16-8-4-2-6-14(12)16/h1-9H,10-11H2. The van der Waals surface area contributed by atoms with Gasteiger partial charge in [0.15, 0.2) is 0 Å². The van der Waals surface area contributed by atoms with E-state index in [1.807, 2.05) is 36.4 Å². The number of fused-ring (bicyclic) bond motifs is 2. The van der Waals surface area contributed by atoms with Crippen LogP contribution in [-0.2, 0) is 0 Å². The van der Waals surface area contributed by atoms with E-state index in [0.717, 1.165) is 33.5 Å². The predicted molar refractivity (Wildman–Crippen MR) is 79.9 cm³/mol. The van der Waals surface area contributed by atoms with Gasteiger partial charge in [0.25, 0.3) is 0 Å². The van der Waals surface area contributed by atoms with Crippen LogP contribution in [0.15, 0.2) is 54.6 Å². The fourth-order valence-electron chi connectivity index (χ4n) is 2.23. The number of ether oxygens (including phenoxy) is 2. The topological polar surface area (TPSA) is 18.5 Å². The summed E-state index contributed by atoms with van der Waals surface area (Å²) in [6.07, 6.45) is 2.13. The molecule has 2 aromatic carbocycles. The van der Waals surface area contributed by atoms with Gasteiger partial charge in [-0.1, -0.05) is 58.4 Å². The molecule has 0 radical (unpaired) electrons. The average molecular weight is 317 g/mol. The molecule has 2 nitrogen and oxygen atoms in total. The van der Waals surface area contributed by atoms with Crippen molar-refractivity contribution in [2.24, 2.45) is 0 Å². The Balaban J connectivity index is 2.23. The summed E-state index contributed by atoms with van der Waals surface area (Å²) < 4.78 is 11.4. The fourth-order valence-corrected chi connectivity index (χ4v) is 2.55. The maximum absolute atomic E-state index is 5.68. The lowest BCUT2D eigenvalue weighted by Crippen LogP contribution is -2.11. The molecule has 0 saturated carbocycles. The van der Waals surface area contributed by atoms with Gasteiger partial charge in [0.1, 0.15) is 11.5 Å². The first kappa shape index (κ1) is 12.3. The minimum absolute atomic E-state index is 0.232. The van der Waals surface area contributed by atoms with Crippen LogP contribution in [-0.4, -0.2) is 12.1 Å². The second-order valence-electron chi connectivity index (χ2n) is 4.17. The largest absolute Gasteiger partial charge is 0.457 e. The van der Waals surface area contributed by atoms with E-state index in [1.165, 1.54) is 0 Å². The molecule has 96 valence electrons.